The molecule has 0 aliphatic carbocycles. The average molecular weight is 264 g/mol. The number of amides is 1. The van der Waals surface area contributed by atoms with Crippen LogP contribution in [0.2, 0.25) is 0 Å². The van der Waals surface area contributed by atoms with Crippen LogP contribution in [0.3, 0.4) is 0 Å². The highest BCUT2D eigenvalue weighted by atomic mass is 16.6. The molecule has 1 N–H and O–H groups in total. The van der Waals surface area contributed by atoms with Gasteiger partial charge in [0, 0.05) is 24.8 Å². The molecule has 7 nitrogen and oxygen atoms in total. The summed E-state index contributed by atoms with van der Waals surface area (Å²) in [6.07, 6.45) is 2.04. The highest BCUT2D eigenvalue weighted by Crippen LogP contribution is 2.21. The van der Waals surface area contributed by atoms with Crippen molar-refractivity contribution in [3.63, 3.8) is 0 Å². The molecule has 0 bridgehead atoms. The second kappa shape index (κ2) is 5.64. The Morgan fingerprint density at radius 3 is 2.79 bits per heavy atom. The predicted octanol–water partition coefficient (Wildman–Crippen LogP) is 1.33. The SMILES string of the molecule is Cc1ccc([N+](=O)[O-])c(NCC(=O)N2CCCC2)n1. The quantitative estimate of drug-likeness (QED) is 0.654. The summed E-state index contributed by atoms with van der Waals surface area (Å²) in [7, 11) is 0. The lowest BCUT2D eigenvalue weighted by Crippen LogP contribution is -2.33. The zero-order valence-electron chi connectivity index (χ0n) is 10.8. The van der Waals surface area contributed by atoms with Crippen LogP contribution in [0.5, 0.6) is 0 Å². The molecule has 2 rings (SSSR count). The van der Waals surface area contributed by atoms with Crippen LogP contribution in [0.4, 0.5) is 11.5 Å². The molecular weight excluding hydrogens is 248 g/mol. The van der Waals surface area contributed by atoms with E-state index in [1.54, 1.807) is 17.9 Å². The molecular formula is C12H16N4O3. The molecule has 0 spiro atoms. The van der Waals surface area contributed by atoms with Crippen LogP contribution >= 0.6 is 0 Å². The molecule has 1 aromatic heterocycles. The van der Waals surface area contributed by atoms with E-state index in [1.165, 1.54) is 6.07 Å². The van der Waals surface area contributed by atoms with E-state index in [9.17, 15) is 14.9 Å². The summed E-state index contributed by atoms with van der Waals surface area (Å²) < 4.78 is 0. The first kappa shape index (κ1) is 13.3. The molecule has 1 fully saturated rings. The van der Waals surface area contributed by atoms with Crippen molar-refractivity contribution >= 4 is 17.4 Å². The zero-order valence-corrected chi connectivity index (χ0v) is 10.8. The van der Waals surface area contributed by atoms with Gasteiger partial charge in [0.1, 0.15) is 0 Å². The lowest BCUT2D eigenvalue weighted by molar-refractivity contribution is -0.384. The Bertz CT molecular complexity index is 498. The van der Waals surface area contributed by atoms with Gasteiger partial charge in [-0.3, -0.25) is 14.9 Å². The number of likely N-dealkylation sites (tertiary alicyclic amines) is 1. The summed E-state index contributed by atoms with van der Waals surface area (Å²) in [6, 6.07) is 2.97. The number of nitrogens with one attached hydrogen (secondary N) is 1. The molecule has 0 saturated carbocycles. The van der Waals surface area contributed by atoms with E-state index >= 15 is 0 Å². The number of nitrogens with zero attached hydrogens (tertiary/aromatic N) is 3. The highest BCUT2D eigenvalue weighted by molar-refractivity contribution is 5.81. The fourth-order valence-corrected chi connectivity index (χ4v) is 2.06. The number of nitro groups is 1. The average Bonchev–Trinajstić information content (AvgIpc) is 2.89. The van der Waals surface area contributed by atoms with Gasteiger partial charge in [-0.05, 0) is 25.8 Å². The Hall–Kier alpha value is -2.18. The number of aryl methyl sites for hydroxylation is 1. The largest absolute Gasteiger partial charge is 0.355 e. The molecule has 1 saturated heterocycles. The first-order valence-corrected chi connectivity index (χ1v) is 6.21. The van der Waals surface area contributed by atoms with Gasteiger partial charge in [0.2, 0.25) is 11.7 Å². The van der Waals surface area contributed by atoms with Gasteiger partial charge >= 0.3 is 5.69 Å². The third-order valence-electron chi connectivity index (χ3n) is 3.08. The summed E-state index contributed by atoms with van der Waals surface area (Å²) in [4.78, 5) is 28.0. The molecule has 19 heavy (non-hydrogen) atoms. The van der Waals surface area contributed by atoms with Gasteiger partial charge in [0.05, 0.1) is 11.5 Å². The van der Waals surface area contributed by atoms with E-state index in [0.29, 0.717) is 5.69 Å². The summed E-state index contributed by atoms with van der Waals surface area (Å²) in [5.74, 6) is 0.104. The number of hydrogen-bond acceptors (Lipinski definition) is 5. The van der Waals surface area contributed by atoms with Crippen molar-refractivity contribution in [3.05, 3.63) is 27.9 Å². The maximum absolute atomic E-state index is 11.9. The van der Waals surface area contributed by atoms with Crippen molar-refractivity contribution in [2.45, 2.75) is 19.8 Å². The molecule has 0 unspecified atom stereocenters. The van der Waals surface area contributed by atoms with Gasteiger partial charge in [-0.15, -0.1) is 0 Å². The van der Waals surface area contributed by atoms with Crippen molar-refractivity contribution in [2.24, 2.45) is 0 Å². The lowest BCUT2D eigenvalue weighted by atomic mass is 10.3. The van der Waals surface area contributed by atoms with E-state index in [-0.39, 0.29) is 24.0 Å². The first-order valence-electron chi connectivity index (χ1n) is 6.21. The Balaban J connectivity index is 2.04. The van der Waals surface area contributed by atoms with Gasteiger partial charge in [0.25, 0.3) is 0 Å². The van der Waals surface area contributed by atoms with Crippen LogP contribution in [0.1, 0.15) is 18.5 Å². The van der Waals surface area contributed by atoms with E-state index in [0.717, 1.165) is 25.9 Å². The van der Waals surface area contributed by atoms with Gasteiger partial charge in [-0.2, -0.15) is 0 Å². The molecule has 1 aliphatic rings. The predicted molar refractivity (Wildman–Crippen MR) is 69.9 cm³/mol. The number of anilines is 1. The van der Waals surface area contributed by atoms with Crippen LogP contribution < -0.4 is 5.32 Å². The first-order chi connectivity index (χ1) is 9.08. The van der Waals surface area contributed by atoms with Gasteiger partial charge in [0.15, 0.2) is 0 Å². The van der Waals surface area contributed by atoms with Crippen molar-refractivity contribution in [1.82, 2.24) is 9.88 Å². The number of carbonyl (C=O) groups excluding carboxylic acids is 1. The second-order valence-electron chi connectivity index (χ2n) is 4.52. The minimum atomic E-state index is -0.505. The summed E-state index contributed by atoms with van der Waals surface area (Å²) in [5, 5.41) is 13.6. The van der Waals surface area contributed by atoms with E-state index in [4.69, 9.17) is 0 Å². The fourth-order valence-electron chi connectivity index (χ4n) is 2.06. The normalized spacial score (nSPS) is 14.5. The van der Waals surface area contributed by atoms with Gasteiger partial charge < -0.3 is 10.2 Å². The minimum Gasteiger partial charge on any atom is -0.355 e. The molecule has 1 aromatic rings. The zero-order chi connectivity index (χ0) is 13.8. The Kier molecular flexibility index (Phi) is 3.94. The van der Waals surface area contributed by atoms with E-state index in [1.807, 2.05) is 0 Å². The van der Waals surface area contributed by atoms with Crippen molar-refractivity contribution < 1.29 is 9.72 Å². The Labute approximate surface area is 110 Å². The summed E-state index contributed by atoms with van der Waals surface area (Å²) in [5.41, 5.74) is 0.557. The standard InChI is InChI=1S/C12H16N4O3/c1-9-4-5-10(16(18)19)12(14-9)13-8-11(17)15-6-2-3-7-15/h4-5H,2-3,6-8H2,1H3,(H,13,14). The number of aromatic nitrogens is 1. The molecule has 0 aromatic carbocycles. The molecule has 1 aliphatic heterocycles. The number of hydrogen-bond donors (Lipinski definition) is 1. The molecule has 7 heteroatoms. The van der Waals surface area contributed by atoms with Crippen LogP contribution in [0.15, 0.2) is 12.1 Å². The van der Waals surface area contributed by atoms with E-state index < -0.39 is 4.92 Å². The van der Waals surface area contributed by atoms with E-state index in [2.05, 4.69) is 10.3 Å². The monoisotopic (exact) mass is 264 g/mol. The lowest BCUT2D eigenvalue weighted by Gasteiger charge is -2.15. The molecule has 102 valence electrons. The fraction of sp³-hybridized carbons (Fsp3) is 0.500. The highest BCUT2D eigenvalue weighted by Gasteiger charge is 2.20. The number of pyridine rings is 1. The third kappa shape index (κ3) is 3.18. The second-order valence-corrected chi connectivity index (χ2v) is 4.52. The van der Waals surface area contributed by atoms with Crippen molar-refractivity contribution in [3.8, 4) is 0 Å². The van der Waals surface area contributed by atoms with Crippen LogP contribution in [-0.4, -0.2) is 40.3 Å². The summed E-state index contributed by atoms with van der Waals surface area (Å²) >= 11 is 0. The van der Waals surface area contributed by atoms with Crippen LogP contribution in [0, 0.1) is 17.0 Å². The van der Waals surface area contributed by atoms with Crippen LogP contribution in [-0.2, 0) is 4.79 Å². The molecule has 1 amide bonds. The molecule has 0 radical (unpaired) electrons. The molecule has 2 heterocycles. The third-order valence-corrected chi connectivity index (χ3v) is 3.08. The maximum Gasteiger partial charge on any atom is 0.311 e. The van der Waals surface area contributed by atoms with Crippen molar-refractivity contribution in [2.75, 3.05) is 25.0 Å². The van der Waals surface area contributed by atoms with Gasteiger partial charge in [-0.1, -0.05) is 0 Å². The van der Waals surface area contributed by atoms with Gasteiger partial charge in [-0.25, -0.2) is 4.98 Å². The maximum atomic E-state index is 11.9. The number of carbonyl (C=O) groups is 1. The minimum absolute atomic E-state index is 0.0390. The Morgan fingerprint density at radius 2 is 2.16 bits per heavy atom. The molecule has 0 atom stereocenters. The topological polar surface area (TPSA) is 88.4 Å². The Morgan fingerprint density at radius 1 is 1.47 bits per heavy atom. The van der Waals surface area contributed by atoms with Crippen molar-refractivity contribution in [1.29, 1.82) is 0 Å². The van der Waals surface area contributed by atoms with Crippen LogP contribution in [0.25, 0.3) is 0 Å². The smallest absolute Gasteiger partial charge is 0.311 e. The summed E-state index contributed by atoms with van der Waals surface area (Å²) in [6.45, 7) is 3.32. The number of rotatable bonds is 4.